The van der Waals surface area contributed by atoms with E-state index in [1.165, 1.54) is 7.11 Å². The second-order valence-corrected chi connectivity index (χ2v) is 6.19. The monoisotopic (exact) mass is 367 g/mol. The molecule has 2 N–H and O–H groups in total. The Hall–Kier alpha value is -3.35. The molecule has 27 heavy (non-hydrogen) atoms. The number of urea groups is 1. The van der Waals surface area contributed by atoms with Gasteiger partial charge in [0.1, 0.15) is 17.8 Å². The van der Waals surface area contributed by atoms with E-state index in [0.717, 1.165) is 4.90 Å². The highest BCUT2D eigenvalue weighted by Crippen LogP contribution is 2.32. The number of ether oxygens (including phenoxy) is 1. The molecule has 1 fully saturated rings. The number of imide groups is 1. The third-order valence-electron chi connectivity index (χ3n) is 4.66. The Kier molecular flexibility index (Phi) is 5.12. The van der Waals surface area contributed by atoms with Crippen molar-refractivity contribution in [2.75, 3.05) is 19.0 Å². The van der Waals surface area contributed by atoms with E-state index in [4.69, 9.17) is 4.74 Å². The summed E-state index contributed by atoms with van der Waals surface area (Å²) >= 11 is 0. The Morgan fingerprint density at radius 3 is 2.44 bits per heavy atom. The molecule has 0 aliphatic carbocycles. The number of rotatable bonds is 6. The molecule has 0 radical (unpaired) electrons. The van der Waals surface area contributed by atoms with Crippen LogP contribution >= 0.6 is 0 Å². The number of methoxy groups -OCH3 is 1. The van der Waals surface area contributed by atoms with Crippen molar-refractivity contribution in [3.05, 3.63) is 60.2 Å². The number of para-hydroxylation sites is 2. The fourth-order valence-corrected chi connectivity index (χ4v) is 3.21. The van der Waals surface area contributed by atoms with Gasteiger partial charge in [0.2, 0.25) is 5.91 Å². The third-order valence-corrected chi connectivity index (χ3v) is 4.66. The number of carbonyl (C=O) groups excluding carboxylic acids is 3. The van der Waals surface area contributed by atoms with E-state index in [0.29, 0.717) is 23.4 Å². The number of hydrogen-bond donors (Lipinski definition) is 2. The molecule has 0 saturated carbocycles. The molecule has 1 atom stereocenters. The predicted molar refractivity (Wildman–Crippen MR) is 100 cm³/mol. The molecule has 2 aromatic carbocycles. The van der Waals surface area contributed by atoms with Gasteiger partial charge in [-0.2, -0.15) is 0 Å². The van der Waals surface area contributed by atoms with Crippen LogP contribution in [0.15, 0.2) is 54.6 Å². The van der Waals surface area contributed by atoms with Crippen LogP contribution in [0.3, 0.4) is 0 Å². The summed E-state index contributed by atoms with van der Waals surface area (Å²) in [4.78, 5) is 38.8. The van der Waals surface area contributed by atoms with Gasteiger partial charge in [-0.15, -0.1) is 0 Å². The van der Waals surface area contributed by atoms with Crippen LogP contribution in [0.5, 0.6) is 5.75 Å². The topological polar surface area (TPSA) is 87.7 Å². The van der Waals surface area contributed by atoms with Gasteiger partial charge in [0.25, 0.3) is 5.91 Å². The van der Waals surface area contributed by atoms with Crippen molar-refractivity contribution in [2.24, 2.45) is 0 Å². The average molecular weight is 367 g/mol. The van der Waals surface area contributed by atoms with Gasteiger partial charge in [-0.25, -0.2) is 4.79 Å². The first-order valence-electron chi connectivity index (χ1n) is 8.64. The van der Waals surface area contributed by atoms with E-state index >= 15 is 0 Å². The molecule has 7 heteroatoms. The lowest BCUT2D eigenvalue weighted by Crippen LogP contribution is -2.44. The van der Waals surface area contributed by atoms with E-state index in [2.05, 4.69) is 10.6 Å². The number of nitrogens with one attached hydrogen (secondary N) is 2. The lowest BCUT2D eigenvalue weighted by Gasteiger charge is -2.25. The zero-order valence-corrected chi connectivity index (χ0v) is 15.2. The minimum absolute atomic E-state index is 0.378. The van der Waals surface area contributed by atoms with Gasteiger partial charge < -0.3 is 15.4 Å². The maximum absolute atomic E-state index is 13.0. The summed E-state index contributed by atoms with van der Waals surface area (Å²) in [6, 6.07) is 15.4. The minimum Gasteiger partial charge on any atom is -0.495 e. The summed E-state index contributed by atoms with van der Waals surface area (Å²) in [7, 11) is 1.50. The van der Waals surface area contributed by atoms with E-state index in [1.807, 2.05) is 25.1 Å². The summed E-state index contributed by atoms with van der Waals surface area (Å²) in [6.45, 7) is 1.45. The molecule has 1 heterocycles. The molecular weight excluding hydrogens is 346 g/mol. The highest BCUT2D eigenvalue weighted by Gasteiger charge is 2.51. The predicted octanol–water partition coefficient (Wildman–Crippen LogP) is 2.49. The maximum Gasteiger partial charge on any atom is 0.325 e. The smallest absolute Gasteiger partial charge is 0.325 e. The molecule has 1 aliphatic rings. The Labute approximate surface area is 157 Å². The largest absolute Gasteiger partial charge is 0.495 e. The average Bonchev–Trinajstić information content (AvgIpc) is 2.94. The minimum atomic E-state index is -1.15. The molecule has 4 amide bonds. The first-order valence-corrected chi connectivity index (χ1v) is 8.64. The summed E-state index contributed by atoms with van der Waals surface area (Å²) in [6.07, 6.45) is 0.381. The fourth-order valence-electron chi connectivity index (χ4n) is 3.21. The molecule has 3 rings (SSSR count). The highest BCUT2D eigenvalue weighted by molar-refractivity contribution is 6.10. The molecule has 7 nitrogen and oxygen atoms in total. The first-order chi connectivity index (χ1) is 13.0. The molecule has 0 bridgehead atoms. The van der Waals surface area contributed by atoms with Gasteiger partial charge in [0.05, 0.1) is 12.8 Å². The van der Waals surface area contributed by atoms with Crippen molar-refractivity contribution in [3.63, 3.8) is 0 Å². The summed E-state index contributed by atoms with van der Waals surface area (Å²) in [5.41, 5.74) is 0.0173. The van der Waals surface area contributed by atoms with Gasteiger partial charge >= 0.3 is 6.03 Å². The van der Waals surface area contributed by atoms with Crippen LogP contribution in [0.25, 0.3) is 0 Å². The Balaban J connectivity index is 1.78. The van der Waals surface area contributed by atoms with Gasteiger partial charge in [-0.05, 0) is 24.1 Å². The van der Waals surface area contributed by atoms with E-state index in [1.54, 1.807) is 36.4 Å². The van der Waals surface area contributed by atoms with Crippen molar-refractivity contribution in [2.45, 2.75) is 18.9 Å². The van der Waals surface area contributed by atoms with Gasteiger partial charge in [-0.1, -0.05) is 49.4 Å². The van der Waals surface area contributed by atoms with Crippen molar-refractivity contribution in [3.8, 4) is 5.75 Å². The first kappa shape index (κ1) is 18.4. The quantitative estimate of drug-likeness (QED) is 0.768. The zero-order valence-electron chi connectivity index (χ0n) is 15.2. The number of nitrogens with zero attached hydrogens (tertiary/aromatic N) is 1. The van der Waals surface area contributed by atoms with Crippen LogP contribution in [0.1, 0.15) is 18.9 Å². The molecule has 140 valence electrons. The van der Waals surface area contributed by atoms with Crippen molar-refractivity contribution in [1.82, 2.24) is 10.2 Å². The summed E-state index contributed by atoms with van der Waals surface area (Å²) in [5.74, 6) is -0.422. The van der Waals surface area contributed by atoms with Crippen LogP contribution in [0.4, 0.5) is 10.5 Å². The van der Waals surface area contributed by atoms with Gasteiger partial charge in [0.15, 0.2) is 0 Å². The zero-order chi connectivity index (χ0) is 19.4. The number of benzene rings is 2. The number of amides is 4. The van der Waals surface area contributed by atoms with Crippen LogP contribution < -0.4 is 15.4 Å². The van der Waals surface area contributed by atoms with E-state index < -0.39 is 23.4 Å². The van der Waals surface area contributed by atoms with Crippen molar-refractivity contribution in [1.29, 1.82) is 0 Å². The lowest BCUT2D eigenvalue weighted by atomic mass is 9.87. The second-order valence-electron chi connectivity index (χ2n) is 6.19. The maximum atomic E-state index is 13.0. The Morgan fingerprint density at radius 1 is 1.11 bits per heavy atom. The van der Waals surface area contributed by atoms with Crippen LogP contribution in [-0.4, -0.2) is 36.4 Å². The SMILES string of the molecule is CC[C@@]1(c2ccccc2)NC(=O)N(CC(=O)Nc2ccccc2OC)C1=O. The van der Waals surface area contributed by atoms with Crippen LogP contribution in [0.2, 0.25) is 0 Å². The molecule has 0 spiro atoms. The molecule has 1 saturated heterocycles. The normalized spacial score (nSPS) is 19.0. The molecule has 2 aromatic rings. The summed E-state index contributed by atoms with van der Waals surface area (Å²) in [5, 5.41) is 5.43. The second kappa shape index (κ2) is 7.49. The van der Waals surface area contributed by atoms with Gasteiger partial charge in [0, 0.05) is 0 Å². The lowest BCUT2D eigenvalue weighted by molar-refractivity contribution is -0.134. The van der Waals surface area contributed by atoms with E-state index in [-0.39, 0.29) is 6.54 Å². The van der Waals surface area contributed by atoms with Crippen LogP contribution in [0, 0.1) is 0 Å². The van der Waals surface area contributed by atoms with Crippen LogP contribution in [-0.2, 0) is 15.1 Å². The van der Waals surface area contributed by atoms with Crippen molar-refractivity contribution >= 4 is 23.5 Å². The summed E-state index contributed by atoms with van der Waals surface area (Å²) < 4.78 is 5.19. The van der Waals surface area contributed by atoms with E-state index in [9.17, 15) is 14.4 Å². The Bertz CT molecular complexity index is 869. The third kappa shape index (κ3) is 3.36. The molecule has 1 aliphatic heterocycles. The standard InChI is InChI=1S/C20H21N3O4/c1-3-20(14-9-5-4-6-10-14)18(25)23(19(26)22-20)13-17(24)21-15-11-7-8-12-16(15)27-2/h4-12H,3,13H2,1-2H3,(H,21,24)(H,22,26)/t20-/m0/s1. The number of hydrogen-bond acceptors (Lipinski definition) is 4. The number of anilines is 1. The number of carbonyl (C=O) groups is 3. The molecule has 0 unspecified atom stereocenters. The molecule has 0 aromatic heterocycles. The van der Waals surface area contributed by atoms with Gasteiger partial charge in [-0.3, -0.25) is 14.5 Å². The molecular formula is C20H21N3O4. The highest BCUT2D eigenvalue weighted by atomic mass is 16.5. The van der Waals surface area contributed by atoms with Crippen molar-refractivity contribution < 1.29 is 19.1 Å². The Morgan fingerprint density at radius 2 is 1.78 bits per heavy atom. The fraction of sp³-hybridized carbons (Fsp3) is 0.250.